The smallest absolute Gasteiger partial charge is 0.166 e. The van der Waals surface area contributed by atoms with Gasteiger partial charge in [0.05, 0.1) is 13.2 Å². The lowest BCUT2D eigenvalue weighted by Gasteiger charge is -2.18. The van der Waals surface area contributed by atoms with Crippen molar-refractivity contribution in [2.24, 2.45) is 0 Å². The molecule has 0 spiro atoms. The number of ether oxygens (including phenoxy) is 1. The first-order valence-corrected chi connectivity index (χ1v) is 7.37. The maximum absolute atomic E-state index is 13.7. The molecule has 0 bridgehead atoms. The second-order valence-corrected chi connectivity index (χ2v) is 5.58. The van der Waals surface area contributed by atoms with Gasteiger partial charge in [0.25, 0.3) is 0 Å². The van der Waals surface area contributed by atoms with E-state index in [1.54, 1.807) is 6.07 Å². The molecular formula is C15H24FN3OS. The topological polar surface area (TPSA) is 36.5 Å². The molecule has 0 unspecified atom stereocenters. The summed E-state index contributed by atoms with van der Waals surface area (Å²) < 4.78 is 18.6. The molecule has 1 atom stereocenters. The maximum Gasteiger partial charge on any atom is 0.166 e. The van der Waals surface area contributed by atoms with Gasteiger partial charge in [0.15, 0.2) is 16.7 Å². The van der Waals surface area contributed by atoms with Gasteiger partial charge in [-0.05, 0) is 63.9 Å². The normalized spacial score (nSPS) is 12.1. The SMILES string of the molecule is COc1ccc([C@H](C)NC(=S)NCCCN(C)C)cc1F. The van der Waals surface area contributed by atoms with Gasteiger partial charge >= 0.3 is 0 Å². The monoisotopic (exact) mass is 313 g/mol. The summed E-state index contributed by atoms with van der Waals surface area (Å²) in [7, 11) is 5.53. The molecule has 0 saturated heterocycles. The van der Waals surface area contributed by atoms with Crippen molar-refractivity contribution in [3.63, 3.8) is 0 Å². The molecule has 0 aliphatic heterocycles. The third-order valence-corrected chi connectivity index (χ3v) is 3.35. The van der Waals surface area contributed by atoms with Crippen molar-refractivity contribution in [1.29, 1.82) is 0 Å². The van der Waals surface area contributed by atoms with Crippen LogP contribution < -0.4 is 15.4 Å². The Labute approximate surface area is 131 Å². The highest BCUT2D eigenvalue weighted by Gasteiger charge is 2.10. The van der Waals surface area contributed by atoms with Crippen LogP contribution in [0.25, 0.3) is 0 Å². The van der Waals surface area contributed by atoms with E-state index < -0.39 is 0 Å². The molecular weight excluding hydrogens is 289 g/mol. The van der Waals surface area contributed by atoms with Crippen LogP contribution in [-0.2, 0) is 0 Å². The van der Waals surface area contributed by atoms with Crippen LogP contribution in [-0.4, -0.2) is 44.3 Å². The van der Waals surface area contributed by atoms with Crippen molar-refractivity contribution in [3.8, 4) is 5.75 Å². The zero-order valence-corrected chi connectivity index (χ0v) is 13.9. The zero-order valence-electron chi connectivity index (χ0n) is 13.1. The van der Waals surface area contributed by atoms with E-state index in [4.69, 9.17) is 17.0 Å². The van der Waals surface area contributed by atoms with Crippen LogP contribution in [0, 0.1) is 5.82 Å². The predicted octanol–water partition coefficient (Wildman–Crippen LogP) is 2.31. The Hall–Kier alpha value is -1.40. The van der Waals surface area contributed by atoms with Crippen LogP contribution in [0.2, 0.25) is 0 Å². The summed E-state index contributed by atoms with van der Waals surface area (Å²) in [6, 6.07) is 4.84. The first kappa shape index (κ1) is 17.7. The Morgan fingerprint density at radius 1 is 1.43 bits per heavy atom. The van der Waals surface area contributed by atoms with Gasteiger partial charge in [0.2, 0.25) is 0 Å². The minimum Gasteiger partial charge on any atom is -0.494 e. The van der Waals surface area contributed by atoms with Crippen molar-refractivity contribution in [2.45, 2.75) is 19.4 Å². The molecule has 0 saturated carbocycles. The summed E-state index contributed by atoms with van der Waals surface area (Å²) in [5, 5.41) is 6.88. The minimum atomic E-state index is -0.367. The number of hydrogen-bond donors (Lipinski definition) is 2. The van der Waals surface area contributed by atoms with Gasteiger partial charge < -0.3 is 20.3 Å². The number of rotatable bonds is 7. The van der Waals surface area contributed by atoms with Gasteiger partial charge in [0, 0.05) is 6.54 Å². The largest absolute Gasteiger partial charge is 0.494 e. The summed E-state index contributed by atoms with van der Waals surface area (Å²) >= 11 is 5.24. The Kier molecular flexibility index (Phi) is 7.39. The fraction of sp³-hybridized carbons (Fsp3) is 0.533. The fourth-order valence-electron chi connectivity index (χ4n) is 1.88. The summed E-state index contributed by atoms with van der Waals surface area (Å²) in [6.07, 6.45) is 1.01. The lowest BCUT2D eigenvalue weighted by Crippen LogP contribution is -2.37. The number of nitrogens with one attached hydrogen (secondary N) is 2. The van der Waals surface area contributed by atoms with Gasteiger partial charge in [-0.2, -0.15) is 0 Å². The third-order valence-electron chi connectivity index (χ3n) is 3.09. The molecule has 1 aromatic carbocycles. The van der Waals surface area contributed by atoms with Crippen LogP contribution in [0.4, 0.5) is 4.39 Å². The molecule has 0 aliphatic rings. The number of methoxy groups -OCH3 is 1. The van der Waals surface area contributed by atoms with Crippen molar-refractivity contribution in [3.05, 3.63) is 29.6 Å². The van der Waals surface area contributed by atoms with Crippen LogP contribution in [0.5, 0.6) is 5.75 Å². The Bertz CT molecular complexity index is 468. The number of halogens is 1. The van der Waals surface area contributed by atoms with Crippen molar-refractivity contribution >= 4 is 17.3 Å². The van der Waals surface area contributed by atoms with E-state index >= 15 is 0 Å². The van der Waals surface area contributed by atoms with E-state index in [1.165, 1.54) is 13.2 Å². The molecule has 0 amide bonds. The molecule has 0 aromatic heterocycles. The molecule has 2 N–H and O–H groups in total. The average Bonchev–Trinajstić information content (AvgIpc) is 2.43. The van der Waals surface area contributed by atoms with Crippen molar-refractivity contribution in [1.82, 2.24) is 15.5 Å². The molecule has 21 heavy (non-hydrogen) atoms. The van der Waals surface area contributed by atoms with Gasteiger partial charge in [-0.3, -0.25) is 0 Å². The van der Waals surface area contributed by atoms with Crippen LogP contribution in [0.3, 0.4) is 0 Å². The predicted molar refractivity (Wildman–Crippen MR) is 88.3 cm³/mol. The second kappa shape index (κ2) is 8.79. The number of hydrogen-bond acceptors (Lipinski definition) is 3. The molecule has 0 aliphatic carbocycles. The minimum absolute atomic E-state index is 0.0701. The fourth-order valence-corrected chi connectivity index (χ4v) is 2.16. The van der Waals surface area contributed by atoms with E-state index in [2.05, 4.69) is 15.5 Å². The van der Waals surface area contributed by atoms with Gasteiger partial charge in [-0.25, -0.2) is 4.39 Å². The Morgan fingerprint density at radius 3 is 2.71 bits per heavy atom. The number of nitrogens with zero attached hydrogens (tertiary/aromatic N) is 1. The summed E-state index contributed by atoms with van der Waals surface area (Å²) in [4.78, 5) is 2.13. The highest BCUT2D eigenvalue weighted by molar-refractivity contribution is 7.80. The van der Waals surface area contributed by atoms with Crippen molar-refractivity contribution in [2.75, 3.05) is 34.3 Å². The number of thiocarbonyl (C=S) groups is 1. The van der Waals surface area contributed by atoms with Gasteiger partial charge in [0.1, 0.15) is 0 Å². The lowest BCUT2D eigenvalue weighted by atomic mass is 10.1. The average molecular weight is 313 g/mol. The standard InChI is InChI=1S/C15H24FN3OS/c1-11(12-6-7-14(20-4)13(16)10-12)18-15(21)17-8-5-9-19(2)3/h6-7,10-11H,5,8-9H2,1-4H3,(H2,17,18,21)/t11-/m0/s1. The molecule has 118 valence electrons. The van der Waals surface area contributed by atoms with Gasteiger partial charge in [-0.1, -0.05) is 6.07 Å². The van der Waals surface area contributed by atoms with Crippen LogP contribution in [0.15, 0.2) is 18.2 Å². The molecule has 4 nitrogen and oxygen atoms in total. The van der Waals surface area contributed by atoms with Crippen LogP contribution >= 0.6 is 12.2 Å². The van der Waals surface area contributed by atoms with Gasteiger partial charge in [-0.15, -0.1) is 0 Å². The molecule has 0 fully saturated rings. The lowest BCUT2D eigenvalue weighted by molar-refractivity contribution is 0.386. The van der Waals surface area contributed by atoms with E-state index in [0.717, 1.165) is 25.1 Å². The first-order valence-electron chi connectivity index (χ1n) is 6.96. The highest BCUT2D eigenvalue weighted by atomic mass is 32.1. The Morgan fingerprint density at radius 2 is 2.14 bits per heavy atom. The van der Waals surface area contributed by atoms with Crippen molar-refractivity contribution < 1.29 is 9.13 Å². The van der Waals surface area contributed by atoms with Crippen LogP contribution in [0.1, 0.15) is 24.9 Å². The molecule has 1 aromatic rings. The summed E-state index contributed by atoms with van der Waals surface area (Å²) in [5.41, 5.74) is 0.825. The molecule has 6 heteroatoms. The maximum atomic E-state index is 13.7. The molecule has 0 heterocycles. The quantitative estimate of drug-likeness (QED) is 0.597. The third kappa shape index (κ3) is 6.27. The summed E-state index contributed by atoms with van der Waals surface area (Å²) in [6.45, 7) is 3.76. The van der Waals surface area contributed by atoms with E-state index in [1.807, 2.05) is 27.1 Å². The summed E-state index contributed by atoms with van der Waals surface area (Å²) in [5.74, 6) is -0.121. The number of benzene rings is 1. The zero-order chi connectivity index (χ0) is 15.8. The van der Waals surface area contributed by atoms with E-state index in [0.29, 0.717) is 5.11 Å². The Balaban J connectivity index is 2.43. The highest BCUT2D eigenvalue weighted by Crippen LogP contribution is 2.21. The molecule has 0 radical (unpaired) electrons. The molecule has 1 rings (SSSR count). The van der Waals surface area contributed by atoms with E-state index in [-0.39, 0.29) is 17.6 Å². The second-order valence-electron chi connectivity index (χ2n) is 5.17. The van der Waals surface area contributed by atoms with E-state index in [9.17, 15) is 4.39 Å². The first-order chi connectivity index (χ1) is 9.93.